The van der Waals surface area contributed by atoms with Crippen LogP contribution in [-0.2, 0) is 14.4 Å². The van der Waals surface area contributed by atoms with Crippen molar-refractivity contribution in [1.29, 1.82) is 0 Å². The van der Waals surface area contributed by atoms with Gasteiger partial charge in [-0.05, 0) is 38.8 Å². The summed E-state index contributed by atoms with van der Waals surface area (Å²) in [6.45, 7) is 3.62. The highest BCUT2D eigenvalue weighted by Gasteiger charge is 2.33. The summed E-state index contributed by atoms with van der Waals surface area (Å²) >= 11 is 0. The molecule has 0 spiro atoms. The molecule has 0 radical (unpaired) electrons. The Labute approximate surface area is 106 Å². The Morgan fingerprint density at radius 1 is 1.44 bits per heavy atom. The predicted molar refractivity (Wildman–Crippen MR) is 64.5 cm³/mol. The van der Waals surface area contributed by atoms with Gasteiger partial charge < -0.3 is 10.2 Å². The minimum Gasteiger partial charge on any atom is -0.322 e. The van der Waals surface area contributed by atoms with E-state index < -0.39 is 11.9 Å². The lowest BCUT2D eigenvalue weighted by Gasteiger charge is -2.31. The van der Waals surface area contributed by atoms with Gasteiger partial charge in [-0.3, -0.25) is 19.7 Å². The third kappa shape index (κ3) is 2.87. The molecular weight excluding hydrogens is 234 g/mol. The number of imide groups is 1. The van der Waals surface area contributed by atoms with E-state index in [4.69, 9.17) is 0 Å². The Bertz CT molecular complexity index is 364. The van der Waals surface area contributed by atoms with Crippen LogP contribution >= 0.6 is 0 Å². The fourth-order valence-electron chi connectivity index (χ4n) is 2.45. The maximum atomic E-state index is 12.0. The van der Waals surface area contributed by atoms with Crippen LogP contribution in [0.5, 0.6) is 0 Å². The van der Waals surface area contributed by atoms with Crippen LogP contribution < -0.4 is 10.6 Å². The summed E-state index contributed by atoms with van der Waals surface area (Å²) in [6.07, 6.45) is 2.34. The van der Waals surface area contributed by atoms with E-state index in [0.29, 0.717) is 12.3 Å². The van der Waals surface area contributed by atoms with Crippen molar-refractivity contribution in [2.24, 2.45) is 5.92 Å². The lowest BCUT2D eigenvalue weighted by atomic mass is 10.0. The van der Waals surface area contributed by atoms with Crippen molar-refractivity contribution in [2.45, 2.75) is 32.2 Å². The van der Waals surface area contributed by atoms with Crippen molar-refractivity contribution in [3.8, 4) is 0 Å². The van der Waals surface area contributed by atoms with Gasteiger partial charge >= 0.3 is 0 Å². The number of piperazine rings is 1. The number of amides is 3. The molecule has 2 unspecified atom stereocenters. The van der Waals surface area contributed by atoms with Gasteiger partial charge in [-0.1, -0.05) is 0 Å². The van der Waals surface area contributed by atoms with Crippen LogP contribution in [0.2, 0.25) is 0 Å². The van der Waals surface area contributed by atoms with Gasteiger partial charge in [-0.15, -0.1) is 0 Å². The SMILES string of the molecule is CC1C(=O)NC(=O)CN1C(=O)CCC1CCNC1. The Hall–Kier alpha value is -1.43. The van der Waals surface area contributed by atoms with Crippen molar-refractivity contribution in [3.05, 3.63) is 0 Å². The molecule has 100 valence electrons. The Balaban J connectivity index is 1.86. The summed E-state index contributed by atoms with van der Waals surface area (Å²) in [5, 5.41) is 5.48. The van der Waals surface area contributed by atoms with Crippen molar-refractivity contribution in [1.82, 2.24) is 15.5 Å². The van der Waals surface area contributed by atoms with Gasteiger partial charge in [-0.2, -0.15) is 0 Å². The first kappa shape index (κ1) is 13.0. The van der Waals surface area contributed by atoms with Crippen molar-refractivity contribution < 1.29 is 14.4 Å². The summed E-state index contributed by atoms with van der Waals surface area (Å²) in [5.41, 5.74) is 0. The second kappa shape index (κ2) is 5.48. The number of rotatable bonds is 3. The quantitative estimate of drug-likeness (QED) is 0.649. The standard InChI is InChI=1S/C12H19N3O3/c1-8-12(18)14-10(16)7-15(8)11(17)3-2-9-4-5-13-6-9/h8-9,13H,2-7H2,1H3,(H,14,16,18). The molecule has 2 atom stereocenters. The first-order valence-corrected chi connectivity index (χ1v) is 6.42. The van der Waals surface area contributed by atoms with Crippen molar-refractivity contribution in [3.63, 3.8) is 0 Å². The molecule has 2 saturated heterocycles. The van der Waals surface area contributed by atoms with Crippen LogP contribution in [0.15, 0.2) is 0 Å². The fourth-order valence-corrected chi connectivity index (χ4v) is 2.45. The molecule has 3 amide bonds. The first-order valence-electron chi connectivity index (χ1n) is 6.42. The summed E-state index contributed by atoms with van der Waals surface area (Å²) in [6, 6.07) is -0.545. The van der Waals surface area contributed by atoms with Gasteiger partial charge in [0.1, 0.15) is 12.6 Å². The zero-order valence-electron chi connectivity index (χ0n) is 10.6. The molecule has 0 aromatic rings. The topological polar surface area (TPSA) is 78.5 Å². The number of nitrogens with zero attached hydrogens (tertiary/aromatic N) is 1. The molecule has 2 aliphatic rings. The van der Waals surface area contributed by atoms with Crippen LogP contribution in [0.4, 0.5) is 0 Å². The first-order chi connectivity index (χ1) is 8.58. The molecule has 0 aliphatic carbocycles. The third-order valence-electron chi connectivity index (χ3n) is 3.67. The minimum atomic E-state index is -0.545. The number of nitrogens with one attached hydrogen (secondary N) is 2. The molecule has 0 saturated carbocycles. The number of hydrogen-bond donors (Lipinski definition) is 2. The normalized spacial score (nSPS) is 28.4. The fraction of sp³-hybridized carbons (Fsp3) is 0.750. The molecule has 2 heterocycles. The maximum Gasteiger partial charge on any atom is 0.249 e. The van der Waals surface area contributed by atoms with Gasteiger partial charge in [0.15, 0.2) is 0 Å². The second-order valence-corrected chi connectivity index (χ2v) is 5.01. The lowest BCUT2D eigenvalue weighted by Crippen LogP contribution is -2.58. The molecule has 2 rings (SSSR count). The van der Waals surface area contributed by atoms with E-state index in [2.05, 4.69) is 10.6 Å². The molecule has 0 aromatic carbocycles. The van der Waals surface area contributed by atoms with Gasteiger partial charge in [0.05, 0.1) is 0 Å². The Kier molecular flexibility index (Phi) is 3.96. The molecule has 18 heavy (non-hydrogen) atoms. The Morgan fingerprint density at radius 3 is 2.89 bits per heavy atom. The zero-order chi connectivity index (χ0) is 13.1. The summed E-state index contributed by atoms with van der Waals surface area (Å²) in [7, 11) is 0. The van der Waals surface area contributed by atoms with E-state index in [-0.39, 0.29) is 18.4 Å². The number of carbonyl (C=O) groups excluding carboxylic acids is 3. The second-order valence-electron chi connectivity index (χ2n) is 5.01. The average molecular weight is 253 g/mol. The largest absolute Gasteiger partial charge is 0.322 e. The molecule has 6 nitrogen and oxygen atoms in total. The maximum absolute atomic E-state index is 12.0. The Morgan fingerprint density at radius 2 is 2.22 bits per heavy atom. The molecule has 6 heteroatoms. The predicted octanol–water partition coefficient (Wildman–Crippen LogP) is -0.750. The van der Waals surface area contributed by atoms with Gasteiger partial charge in [0.2, 0.25) is 17.7 Å². The molecule has 0 bridgehead atoms. The van der Waals surface area contributed by atoms with Gasteiger partial charge in [0, 0.05) is 6.42 Å². The highest BCUT2D eigenvalue weighted by Crippen LogP contribution is 2.16. The van der Waals surface area contributed by atoms with Crippen LogP contribution in [0, 0.1) is 5.92 Å². The summed E-state index contributed by atoms with van der Waals surface area (Å²) in [5.74, 6) is -0.340. The number of hydrogen-bond acceptors (Lipinski definition) is 4. The molecule has 2 aliphatic heterocycles. The van der Waals surface area contributed by atoms with E-state index in [1.807, 2.05) is 0 Å². The molecule has 0 aromatic heterocycles. The van der Waals surface area contributed by atoms with E-state index in [1.54, 1.807) is 6.92 Å². The van der Waals surface area contributed by atoms with Crippen LogP contribution in [0.1, 0.15) is 26.2 Å². The number of carbonyl (C=O) groups is 3. The molecular formula is C12H19N3O3. The lowest BCUT2D eigenvalue weighted by molar-refractivity contribution is -0.149. The smallest absolute Gasteiger partial charge is 0.249 e. The highest BCUT2D eigenvalue weighted by atomic mass is 16.2. The average Bonchev–Trinajstić information content (AvgIpc) is 2.83. The van der Waals surface area contributed by atoms with E-state index in [0.717, 1.165) is 25.9 Å². The minimum absolute atomic E-state index is 0.00530. The molecule has 2 fully saturated rings. The van der Waals surface area contributed by atoms with E-state index >= 15 is 0 Å². The van der Waals surface area contributed by atoms with Crippen molar-refractivity contribution >= 4 is 17.7 Å². The van der Waals surface area contributed by atoms with Gasteiger partial charge in [0.25, 0.3) is 0 Å². The van der Waals surface area contributed by atoms with Crippen molar-refractivity contribution in [2.75, 3.05) is 19.6 Å². The summed E-state index contributed by atoms with van der Waals surface area (Å²) < 4.78 is 0. The van der Waals surface area contributed by atoms with Crippen LogP contribution in [0.25, 0.3) is 0 Å². The summed E-state index contributed by atoms with van der Waals surface area (Å²) in [4.78, 5) is 36.1. The van der Waals surface area contributed by atoms with Crippen LogP contribution in [-0.4, -0.2) is 48.3 Å². The third-order valence-corrected chi connectivity index (χ3v) is 3.67. The van der Waals surface area contributed by atoms with E-state index in [1.165, 1.54) is 4.90 Å². The van der Waals surface area contributed by atoms with Crippen LogP contribution in [0.3, 0.4) is 0 Å². The monoisotopic (exact) mass is 253 g/mol. The van der Waals surface area contributed by atoms with Gasteiger partial charge in [-0.25, -0.2) is 0 Å². The highest BCUT2D eigenvalue weighted by molar-refractivity contribution is 6.04. The zero-order valence-corrected chi connectivity index (χ0v) is 10.6. The van der Waals surface area contributed by atoms with E-state index in [9.17, 15) is 14.4 Å². The molecule has 2 N–H and O–H groups in total.